The molecule has 0 saturated heterocycles. The monoisotopic (exact) mass is 328 g/mol. The van der Waals surface area contributed by atoms with E-state index in [-0.39, 0.29) is 5.56 Å². The van der Waals surface area contributed by atoms with Gasteiger partial charge in [-0.3, -0.25) is 4.79 Å². The van der Waals surface area contributed by atoms with E-state index in [2.05, 4.69) is 15.9 Å². The third kappa shape index (κ3) is 2.56. The van der Waals surface area contributed by atoms with Crippen LogP contribution in [0.1, 0.15) is 21.5 Å². The number of hydrogen-bond donors (Lipinski definition) is 0. The molecular weight excluding hydrogens is 321 g/mol. The van der Waals surface area contributed by atoms with Crippen molar-refractivity contribution in [3.63, 3.8) is 0 Å². The van der Waals surface area contributed by atoms with Gasteiger partial charge in [-0.25, -0.2) is 13.2 Å². The molecule has 0 unspecified atom stereocenters. The molecule has 2 aromatic rings. The van der Waals surface area contributed by atoms with E-state index in [1.807, 2.05) is 0 Å². The molecule has 0 amide bonds. The van der Waals surface area contributed by atoms with Gasteiger partial charge in [-0.05, 0) is 36.8 Å². The van der Waals surface area contributed by atoms with Crippen molar-refractivity contribution in [2.45, 2.75) is 6.92 Å². The number of hydrogen-bond acceptors (Lipinski definition) is 1. The Morgan fingerprint density at radius 1 is 1.00 bits per heavy atom. The van der Waals surface area contributed by atoms with Crippen LogP contribution in [-0.4, -0.2) is 5.78 Å². The molecule has 2 rings (SSSR count). The van der Waals surface area contributed by atoms with Crippen molar-refractivity contribution in [1.29, 1.82) is 0 Å². The maximum absolute atomic E-state index is 13.6. The molecule has 0 fully saturated rings. The number of aryl methyl sites for hydroxylation is 1. The fraction of sp³-hybridized carbons (Fsp3) is 0.0714. The number of benzene rings is 2. The van der Waals surface area contributed by atoms with Gasteiger partial charge in [0, 0.05) is 10.0 Å². The second-order valence-corrected chi connectivity index (χ2v) is 4.93. The van der Waals surface area contributed by atoms with E-state index in [9.17, 15) is 18.0 Å². The summed E-state index contributed by atoms with van der Waals surface area (Å²) in [7, 11) is 0. The van der Waals surface area contributed by atoms with Gasteiger partial charge >= 0.3 is 0 Å². The fourth-order valence-corrected chi connectivity index (χ4v) is 2.05. The highest BCUT2D eigenvalue weighted by Crippen LogP contribution is 2.22. The highest BCUT2D eigenvalue weighted by Gasteiger charge is 2.21. The maximum Gasteiger partial charge on any atom is 0.196 e. The van der Waals surface area contributed by atoms with Gasteiger partial charge in [0.2, 0.25) is 0 Å². The Kier molecular flexibility index (Phi) is 3.75. The lowest BCUT2D eigenvalue weighted by atomic mass is 9.98. The minimum Gasteiger partial charge on any atom is -0.288 e. The number of rotatable bonds is 2. The number of carbonyl (C=O) groups excluding carboxylic acids is 1. The van der Waals surface area contributed by atoms with Crippen molar-refractivity contribution in [3.8, 4) is 0 Å². The van der Waals surface area contributed by atoms with Gasteiger partial charge in [-0.15, -0.1) is 0 Å². The molecule has 0 aliphatic carbocycles. The topological polar surface area (TPSA) is 17.1 Å². The highest BCUT2D eigenvalue weighted by molar-refractivity contribution is 9.10. The van der Waals surface area contributed by atoms with E-state index < -0.39 is 28.8 Å². The number of ketones is 1. The molecule has 98 valence electrons. The molecule has 1 nitrogen and oxygen atoms in total. The Morgan fingerprint density at radius 2 is 1.68 bits per heavy atom. The first-order valence-electron chi connectivity index (χ1n) is 5.36. The summed E-state index contributed by atoms with van der Waals surface area (Å²) in [4.78, 5) is 12.2. The molecule has 0 N–H and O–H groups in total. The summed E-state index contributed by atoms with van der Waals surface area (Å²) in [6.07, 6.45) is 0. The predicted octanol–water partition coefficient (Wildman–Crippen LogP) is 4.41. The average Bonchev–Trinajstić information content (AvgIpc) is 2.38. The summed E-state index contributed by atoms with van der Waals surface area (Å²) in [5.74, 6) is -5.11. The molecule has 0 saturated carbocycles. The SMILES string of the molecule is Cc1ccc(Br)cc1C(=O)c1ccc(F)c(F)c1F. The van der Waals surface area contributed by atoms with Crippen LogP contribution in [0.25, 0.3) is 0 Å². The Labute approximate surface area is 116 Å². The van der Waals surface area contributed by atoms with E-state index in [0.29, 0.717) is 10.0 Å². The van der Waals surface area contributed by atoms with Crippen LogP contribution in [0.15, 0.2) is 34.8 Å². The predicted molar refractivity (Wildman–Crippen MR) is 68.6 cm³/mol. The van der Waals surface area contributed by atoms with Crippen molar-refractivity contribution in [3.05, 3.63) is 68.9 Å². The van der Waals surface area contributed by atoms with Crippen LogP contribution in [0.5, 0.6) is 0 Å². The zero-order valence-corrected chi connectivity index (χ0v) is 11.4. The van der Waals surface area contributed by atoms with Crippen LogP contribution in [0.3, 0.4) is 0 Å². The summed E-state index contributed by atoms with van der Waals surface area (Å²) >= 11 is 3.20. The second kappa shape index (κ2) is 5.17. The fourth-order valence-electron chi connectivity index (χ4n) is 1.69. The van der Waals surface area contributed by atoms with Gasteiger partial charge in [0.1, 0.15) is 0 Å². The Morgan fingerprint density at radius 3 is 2.37 bits per heavy atom. The Hall–Kier alpha value is -1.62. The first-order chi connectivity index (χ1) is 8.91. The van der Waals surface area contributed by atoms with Crippen LogP contribution < -0.4 is 0 Å². The number of carbonyl (C=O) groups is 1. The van der Waals surface area contributed by atoms with E-state index in [1.54, 1.807) is 19.1 Å². The summed E-state index contributed by atoms with van der Waals surface area (Å²) in [5.41, 5.74) is 0.372. The quantitative estimate of drug-likeness (QED) is 0.589. The molecule has 19 heavy (non-hydrogen) atoms. The molecule has 0 aromatic heterocycles. The van der Waals surface area contributed by atoms with Crippen LogP contribution >= 0.6 is 15.9 Å². The number of halogens is 4. The molecule has 2 aromatic carbocycles. The molecule has 0 aliphatic rings. The summed E-state index contributed by atoms with van der Waals surface area (Å²) in [6, 6.07) is 6.59. The largest absolute Gasteiger partial charge is 0.288 e. The molecule has 0 atom stereocenters. The summed E-state index contributed by atoms with van der Waals surface area (Å²) in [6.45, 7) is 1.68. The van der Waals surface area contributed by atoms with Crippen molar-refractivity contribution < 1.29 is 18.0 Å². The lowest BCUT2D eigenvalue weighted by Gasteiger charge is -2.07. The van der Waals surface area contributed by atoms with Crippen LogP contribution in [-0.2, 0) is 0 Å². The third-order valence-electron chi connectivity index (χ3n) is 2.72. The van der Waals surface area contributed by atoms with Crippen LogP contribution in [0, 0.1) is 24.4 Å². The first-order valence-corrected chi connectivity index (χ1v) is 6.15. The maximum atomic E-state index is 13.6. The van der Waals surface area contributed by atoms with Crippen LogP contribution in [0.4, 0.5) is 13.2 Å². The van der Waals surface area contributed by atoms with Gasteiger partial charge in [-0.2, -0.15) is 0 Å². The summed E-state index contributed by atoms with van der Waals surface area (Å²) in [5, 5.41) is 0. The van der Waals surface area contributed by atoms with Gasteiger partial charge < -0.3 is 0 Å². The first kappa shape index (κ1) is 13.8. The van der Waals surface area contributed by atoms with Gasteiger partial charge in [0.05, 0.1) is 5.56 Å². The molecule has 5 heteroatoms. The van der Waals surface area contributed by atoms with Gasteiger partial charge in [-0.1, -0.05) is 22.0 Å². The minimum atomic E-state index is -1.64. The van der Waals surface area contributed by atoms with E-state index >= 15 is 0 Å². The second-order valence-electron chi connectivity index (χ2n) is 4.01. The third-order valence-corrected chi connectivity index (χ3v) is 3.22. The minimum absolute atomic E-state index is 0.235. The standard InChI is InChI=1S/C14H8BrF3O/c1-7-2-3-8(15)6-10(7)14(19)9-4-5-11(16)13(18)12(9)17/h2-6H,1H3. The van der Waals surface area contributed by atoms with Crippen molar-refractivity contribution >= 4 is 21.7 Å². The smallest absolute Gasteiger partial charge is 0.196 e. The van der Waals surface area contributed by atoms with Crippen molar-refractivity contribution in [1.82, 2.24) is 0 Å². The van der Waals surface area contributed by atoms with Gasteiger partial charge in [0.25, 0.3) is 0 Å². The molecule has 0 heterocycles. The normalized spacial score (nSPS) is 10.6. The van der Waals surface area contributed by atoms with Gasteiger partial charge in [0.15, 0.2) is 23.2 Å². The lowest BCUT2D eigenvalue weighted by molar-refractivity contribution is 0.103. The molecule has 0 spiro atoms. The van der Waals surface area contributed by atoms with Crippen LogP contribution in [0.2, 0.25) is 0 Å². The summed E-state index contributed by atoms with van der Waals surface area (Å²) < 4.78 is 40.2. The van der Waals surface area contributed by atoms with E-state index in [4.69, 9.17) is 0 Å². The van der Waals surface area contributed by atoms with Crippen molar-refractivity contribution in [2.24, 2.45) is 0 Å². The molecular formula is C14H8BrF3O. The highest BCUT2D eigenvalue weighted by atomic mass is 79.9. The Bertz CT molecular complexity index is 668. The zero-order chi connectivity index (χ0) is 14.2. The van der Waals surface area contributed by atoms with Crippen molar-refractivity contribution in [2.75, 3.05) is 0 Å². The van der Waals surface area contributed by atoms with E-state index in [0.717, 1.165) is 12.1 Å². The van der Waals surface area contributed by atoms with E-state index in [1.165, 1.54) is 6.07 Å². The average molecular weight is 329 g/mol. The lowest BCUT2D eigenvalue weighted by Crippen LogP contribution is -2.08. The Balaban J connectivity index is 2.56. The molecule has 0 bridgehead atoms. The molecule has 0 aliphatic heterocycles. The zero-order valence-electron chi connectivity index (χ0n) is 9.81. The molecule has 0 radical (unpaired) electrons.